The van der Waals surface area contributed by atoms with Crippen LogP contribution >= 0.6 is 11.8 Å². The van der Waals surface area contributed by atoms with E-state index in [0.717, 1.165) is 5.75 Å². The van der Waals surface area contributed by atoms with Gasteiger partial charge in [-0.3, -0.25) is 9.78 Å². The Morgan fingerprint density at radius 3 is 2.57 bits per heavy atom. The Hall–Kier alpha value is -1.20. The molecule has 0 saturated carbocycles. The molecule has 1 rings (SSSR count). The molecule has 21 heavy (non-hydrogen) atoms. The summed E-state index contributed by atoms with van der Waals surface area (Å²) in [6.07, 6.45) is 3.52. The maximum Gasteiger partial charge on any atom is 0.168 e. The fraction of sp³-hybridized carbons (Fsp3) is 0.562. The van der Waals surface area contributed by atoms with Crippen LogP contribution in [0.25, 0.3) is 0 Å². The van der Waals surface area contributed by atoms with Gasteiger partial charge >= 0.3 is 0 Å². The molecule has 5 heteroatoms. The molecule has 0 spiro atoms. The van der Waals surface area contributed by atoms with Gasteiger partial charge in [0.25, 0.3) is 0 Å². The van der Waals surface area contributed by atoms with Crippen LogP contribution < -0.4 is 0 Å². The van der Waals surface area contributed by atoms with Crippen LogP contribution in [0.1, 0.15) is 30.6 Å². The van der Waals surface area contributed by atoms with Crippen molar-refractivity contribution in [2.75, 3.05) is 25.6 Å². The third-order valence-electron chi connectivity index (χ3n) is 3.41. The number of rotatable bonds is 9. The van der Waals surface area contributed by atoms with Crippen molar-refractivity contribution >= 4 is 23.3 Å². The quantitative estimate of drug-likeness (QED) is 0.656. The first-order chi connectivity index (χ1) is 9.91. The van der Waals surface area contributed by atoms with E-state index in [4.69, 9.17) is 0 Å². The van der Waals surface area contributed by atoms with Crippen LogP contribution in [0.3, 0.4) is 0 Å². The fourth-order valence-corrected chi connectivity index (χ4v) is 3.18. The van der Waals surface area contributed by atoms with E-state index in [1.807, 2.05) is 14.1 Å². The highest BCUT2D eigenvalue weighted by molar-refractivity contribution is 7.99. The molecule has 0 radical (unpaired) electrons. The molecule has 0 aliphatic carbocycles. The van der Waals surface area contributed by atoms with Crippen molar-refractivity contribution in [3.63, 3.8) is 0 Å². The molecule has 1 heterocycles. The molecule has 2 atom stereocenters. The highest BCUT2D eigenvalue weighted by Crippen LogP contribution is 2.19. The number of Topliss-reactive ketones (excluding diaryl/α,β-unsaturated/α-hetero) is 2. The van der Waals surface area contributed by atoms with Crippen LogP contribution in [0.4, 0.5) is 0 Å². The van der Waals surface area contributed by atoms with Crippen molar-refractivity contribution in [3.05, 3.63) is 30.1 Å². The highest BCUT2D eigenvalue weighted by atomic mass is 32.2. The molecule has 0 amide bonds. The Labute approximate surface area is 131 Å². The maximum absolute atomic E-state index is 12.5. The van der Waals surface area contributed by atoms with E-state index in [2.05, 4.69) is 16.8 Å². The van der Waals surface area contributed by atoms with Crippen LogP contribution in [-0.4, -0.2) is 53.1 Å². The molecule has 0 fully saturated rings. The highest BCUT2D eigenvalue weighted by Gasteiger charge is 2.22. The standard InChI is InChI=1S/C16H24N2O2S/c1-12(18(3)4)10-21-11-15(8-13(2)19)16(20)14-6-5-7-17-9-14/h5-7,9,12,15H,8,10-11H2,1-4H3/t12-,15?/m1/s1. The van der Waals surface area contributed by atoms with Crippen molar-refractivity contribution in [3.8, 4) is 0 Å². The molecular weight excluding hydrogens is 284 g/mol. The molecule has 0 saturated heterocycles. The monoisotopic (exact) mass is 308 g/mol. The normalized spacial score (nSPS) is 14.0. The average molecular weight is 308 g/mol. The Morgan fingerprint density at radius 2 is 2.05 bits per heavy atom. The SMILES string of the molecule is CC(=O)CC(CSC[C@@H](C)N(C)C)C(=O)c1cccnc1. The summed E-state index contributed by atoms with van der Waals surface area (Å²) in [5.74, 6) is 1.43. The fourth-order valence-electron chi connectivity index (χ4n) is 1.85. The van der Waals surface area contributed by atoms with Crippen molar-refractivity contribution in [2.24, 2.45) is 5.92 Å². The van der Waals surface area contributed by atoms with E-state index >= 15 is 0 Å². The van der Waals surface area contributed by atoms with Crippen LogP contribution in [0.15, 0.2) is 24.5 Å². The number of pyridine rings is 1. The van der Waals surface area contributed by atoms with Crippen LogP contribution in [0.5, 0.6) is 0 Å². The van der Waals surface area contributed by atoms with Crippen LogP contribution in [0, 0.1) is 5.92 Å². The van der Waals surface area contributed by atoms with Crippen LogP contribution in [0.2, 0.25) is 0 Å². The predicted octanol–water partition coefficient (Wildman–Crippen LogP) is 2.54. The lowest BCUT2D eigenvalue weighted by Gasteiger charge is -2.20. The van der Waals surface area contributed by atoms with Gasteiger partial charge in [-0.1, -0.05) is 0 Å². The van der Waals surface area contributed by atoms with E-state index < -0.39 is 0 Å². The summed E-state index contributed by atoms with van der Waals surface area (Å²) in [5, 5.41) is 0. The van der Waals surface area contributed by atoms with Crippen LogP contribution in [-0.2, 0) is 4.79 Å². The first-order valence-electron chi connectivity index (χ1n) is 7.09. The molecule has 4 nitrogen and oxygen atoms in total. The number of ketones is 2. The minimum atomic E-state index is -0.258. The van der Waals surface area contributed by atoms with Crippen molar-refractivity contribution in [1.29, 1.82) is 0 Å². The Morgan fingerprint density at radius 1 is 1.33 bits per heavy atom. The molecule has 0 N–H and O–H groups in total. The van der Waals surface area contributed by atoms with E-state index in [-0.39, 0.29) is 17.5 Å². The van der Waals surface area contributed by atoms with Crippen molar-refractivity contribution in [2.45, 2.75) is 26.3 Å². The molecular formula is C16H24N2O2S. The number of hydrogen-bond acceptors (Lipinski definition) is 5. The van der Waals surface area contributed by atoms with E-state index in [1.165, 1.54) is 6.92 Å². The maximum atomic E-state index is 12.5. The van der Waals surface area contributed by atoms with Gasteiger partial charge in [0.15, 0.2) is 5.78 Å². The summed E-state index contributed by atoms with van der Waals surface area (Å²) in [5.41, 5.74) is 0.588. The van der Waals surface area contributed by atoms with Gasteiger partial charge in [-0.15, -0.1) is 0 Å². The number of thioether (sulfide) groups is 1. The predicted molar refractivity (Wildman–Crippen MR) is 87.8 cm³/mol. The van der Waals surface area contributed by atoms with E-state index in [9.17, 15) is 9.59 Å². The van der Waals surface area contributed by atoms with Crippen molar-refractivity contribution < 1.29 is 9.59 Å². The van der Waals surface area contributed by atoms with E-state index in [1.54, 1.807) is 36.3 Å². The molecule has 0 aliphatic heterocycles. The van der Waals surface area contributed by atoms with Gasteiger partial charge in [0.05, 0.1) is 0 Å². The molecule has 1 aromatic heterocycles. The number of nitrogens with zero attached hydrogens (tertiary/aromatic N) is 2. The average Bonchev–Trinajstić information content (AvgIpc) is 2.45. The van der Waals surface area contributed by atoms with Gasteiger partial charge in [-0.2, -0.15) is 11.8 Å². The van der Waals surface area contributed by atoms with Crippen molar-refractivity contribution in [1.82, 2.24) is 9.88 Å². The Balaban J connectivity index is 2.64. The molecule has 1 unspecified atom stereocenters. The topological polar surface area (TPSA) is 50.3 Å². The zero-order chi connectivity index (χ0) is 15.8. The smallest absolute Gasteiger partial charge is 0.168 e. The van der Waals surface area contributed by atoms with Gasteiger partial charge in [-0.25, -0.2) is 0 Å². The summed E-state index contributed by atoms with van der Waals surface area (Å²) in [6.45, 7) is 3.69. The molecule has 0 bridgehead atoms. The lowest BCUT2D eigenvalue weighted by Crippen LogP contribution is -2.28. The zero-order valence-corrected chi connectivity index (χ0v) is 14.0. The molecule has 1 aromatic rings. The first kappa shape index (κ1) is 17.9. The first-order valence-corrected chi connectivity index (χ1v) is 8.25. The third-order valence-corrected chi connectivity index (χ3v) is 4.77. The number of aromatic nitrogens is 1. The minimum Gasteiger partial charge on any atom is -0.306 e. The second kappa shape index (κ2) is 8.95. The largest absolute Gasteiger partial charge is 0.306 e. The molecule has 0 aliphatic rings. The number of carbonyl (C=O) groups is 2. The number of hydrogen-bond donors (Lipinski definition) is 0. The van der Waals surface area contributed by atoms with E-state index in [0.29, 0.717) is 23.8 Å². The molecule has 0 aromatic carbocycles. The second-order valence-corrected chi connectivity index (χ2v) is 6.63. The van der Waals surface area contributed by atoms with Gasteiger partial charge in [0.1, 0.15) is 5.78 Å². The van der Waals surface area contributed by atoms with Gasteiger partial charge < -0.3 is 9.69 Å². The third kappa shape index (κ3) is 6.40. The summed E-state index contributed by atoms with van der Waals surface area (Å²) in [4.78, 5) is 30.0. The molecule has 116 valence electrons. The Kier molecular flexibility index (Phi) is 7.61. The van der Waals surface area contributed by atoms with Gasteiger partial charge in [-0.05, 0) is 40.1 Å². The lowest BCUT2D eigenvalue weighted by molar-refractivity contribution is -0.117. The lowest BCUT2D eigenvalue weighted by atomic mass is 9.96. The van der Waals surface area contributed by atoms with Gasteiger partial charge in [0, 0.05) is 47.8 Å². The minimum absolute atomic E-state index is 0.0170. The summed E-state index contributed by atoms with van der Waals surface area (Å²) >= 11 is 1.73. The summed E-state index contributed by atoms with van der Waals surface area (Å²) in [6, 6.07) is 3.95. The number of carbonyl (C=O) groups excluding carboxylic acids is 2. The zero-order valence-electron chi connectivity index (χ0n) is 13.2. The summed E-state index contributed by atoms with van der Waals surface area (Å²) in [7, 11) is 4.08. The Bertz CT molecular complexity index is 463. The van der Waals surface area contributed by atoms with Gasteiger partial charge in [0.2, 0.25) is 0 Å². The second-order valence-electron chi connectivity index (χ2n) is 5.56. The summed E-state index contributed by atoms with van der Waals surface area (Å²) < 4.78 is 0.